The van der Waals surface area contributed by atoms with Crippen molar-refractivity contribution in [3.05, 3.63) is 103 Å². The van der Waals surface area contributed by atoms with Crippen molar-refractivity contribution in [2.75, 3.05) is 20.2 Å². The highest BCUT2D eigenvalue weighted by atomic mass is 16.6. The quantitative estimate of drug-likeness (QED) is 0.118. The van der Waals surface area contributed by atoms with Crippen LogP contribution in [0.25, 0.3) is 33.6 Å². The van der Waals surface area contributed by atoms with Crippen molar-refractivity contribution >= 4 is 24.0 Å². The second-order valence-electron chi connectivity index (χ2n) is 14.7. The molecule has 1 unspecified atom stereocenters. The third-order valence-electron chi connectivity index (χ3n) is 10.7. The highest BCUT2D eigenvalue weighted by Crippen LogP contribution is 2.35. The fourth-order valence-electron chi connectivity index (χ4n) is 7.73. The second-order valence-corrected chi connectivity index (χ2v) is 14.7. The molecule has 2 fully saturated rings. The molecule has 15 nitrogen and oxygen atoms in total. The third kappa shape index (κ3) is 8.67. The van der Waals surface area contributed by atoms with E-state index in [1.807, 2.05) is 38.1 Å². The highest BCUT2D eigenvalue weighted by molar-refractivity contribution is 5.86. The molecule has 5 N–H and O–H groups in total. The number of amides is 4. The largest absolute Gasteiger partial charge is 0.453 e. The van der Waals surface area contributed by atoms with Gasteiger partial charge in [-0.3, -0.25) is 14.6 Å². The Labute approximate surface area is 330 Å². The SMILES string of the molecule is COC(=O)N[C@H](C(=O)N1CCCC1c1ncc(-c2ccc(-c3ccc(-c4cnc([C@@H]5CCCN5C(=O)[C@H](Cc5ccncc5)OC(N)=O)[nH]4)cc3)cc2)[nH]1)C(C)C. The number of aromatic nitrogens is 5. The Kier molecular flexibility index (Phi) is 11.6. The molecular formula is C42H47N9O6. The fraction of sp³-hybridized carbons (Fsp3) is 0.357. The van der Waals surface area contributed by atoms with Crippen LogP contribution in [0.3, 0.4) is 0 Å². The van der Waals surface area contributed by atoms with Crippen LogP contribution in [0.5, 0.6) is 0 Å². The van der Waals surface area contributed by atoms with Crippen molar-refractivity contribution < 1.29 is 28.7 Å². The van der Waals surface area contributed by atoms with Crippen molar-refractivity contribution in [3.63, 3.8) is 0 Å². The maximum absolute atomic E-state index is 13.7. The Morgan fingerprint density at radius 2 is 1.26 bits per heavy atom. The van der Waals surface area contributed by atoms with E-state index in [0.717, 1.165) is 64.9 Å². The number of nitrogens with zero attached hydrogens (tertiary/aromatic N) is 5. The Morgan fingerprint density at radius 3 is 1.74 bits per heavy atom. The van der Waals surface area contributed by atoms with E-state index in [0.29, 0.717) is 24.7 Å². The van der Waals surface area contributed by atoms with Gasteiger partial charge in [0.15, 0.2) is 6.10 Å². The molecule has 15 heteroatoms. The lowest BCUT2D eigenvalue weighted by molar-refractivity contribution is -0.141. The van der Waals surface area contributed by atoms with Gasteiger partial charge < -0.3 is 40.3 Å². The highest BCUT2D eigenvalue weighted by Gasteiger charge is 2.39. The summed E-state index contributed by atoms with van der Waals surface area (Å²) in [5.41, 5.74) is 11.8. The van der Waals surface area contributed by atoms with Crippen LogP contribution in [-0.4, -0.2) is 91.1 Å². The van der Waals surface area contributed by atoms with Gasteiger partial charge in [-0.2, -0.15) is 0 Å². The number of hydrogen-bond acceptors (Lipinski definition) is 9. The molecule has 0 aliphatic carbocycles. The van der Waals surface area contributed by atoms with E-state index < -0.39 is 24.3 Å². The van der Waals surface area contributed by atoms with Crippen LogP contribution in [0.1, 0.15) is 68.8 Å². The summed E-state index contributed by atoms with van der Waals surface area (Å²) >= 11 is 0. The molecule has 2 aliphatic rings. The molecule has 0 spiro atoms. The molecule has 57 heavy (non-hydrogen) atoms. The number of primary amides is 1. The van der Waals surface area contributed by atoms with Gasteiger partial charge in [-0.1, -0.05) is 62.4 Å². The van der Waals surface area contributed by atoms with E-state index in [1.165, 1.54) is 7.11 Å². The van der Waals surface area contributed by atoms with Crippen LogP contribution >= 0.6 is 0 Å². The zero-order valence-corrected chi connectivity index (χ0v) is 32.2. The average Bonchev–Trinajstić information content (AvgIpc) is 4.06. The summed E-state index contributed by atoms with van der Waals surface area (Å²) in [7, 11) is 1.29. The smallest absolute Gasteiger partial charge is 0.407 e. The Hall–Kier alpha value is -6.51. The van der Waals surface area contributed by atoms with Crippen LogP contribution in [0.15, 0.2) is 85.5 Å². The number of carbonyl (C=O) groups is 4. The minimum atomic E-state index is -1.06. The van der Waals surface area contributed by atoms with Gasteiger partial charge in [-0.05, 0) is 71.6 Å². The molecule has 3 aromatic heterocycles. The maximum atomic E-state index is 13.7. The lowest BCUT2D eigenvalue weighted by Gasteiger charge is -2.30. The molecule has 7 rings (SSSR count). The molecule has 5 aromatic rings. The van der Waals surface area contributed by atoms with Crippen LogP contribution < -0.4 is 11.1 Å². The number of aromatic amines is 2. The van der Waals surface area contributed by atoms with Gasteiger partial charge in [0.1, 0.15) is 17.7 Å². The van der Waals surface area contributed by atoms with E-state index in [-0.39, 0.29) is 36.2 Å². The number of ether oxygens (including phenoxy) is 2. The Balaban J connectivity index is 0.998. The van der Waals surface area contributed by atoms with Crippen LogP contribution in [0, 0.1) is 5.92 Å². The monoisotopic (exact) mass is 773 g/mol. The first-order chi connectivity index (χ1) is 27.6. The van der Waals surface area contributed by atoms with Gasteiger partial charge in [0.05, 0.1) is 43.0 Å². The summed E-state index contributed by atoms with van der Waals surface area (Å²) in [6.45, 7) is 4.89. The number of pyridine rings is 1. The zero-order valence-electron chi connectivity index (χ0n) is 32.2. The molecular weight excluding hydrogens is 727 g/mol. The number of nitrogens with one attached hydrogen (secondary N) is 3. The Bertz CT molecular complexity index is 2180. The van der Waals surface area contributed by atoms with E-state index in [2.05, 4.69) is 54.5 Å². The first-order valence-corrected chi connectivity index (χ1v) is 19.2. The van der Waals surface area contributed by atoms with Crippen molar-refractivity contribution in [2.45, 2.75) is 70.2 Å². The number of likely N-dealkylation sites (tertiary alicyclic amines) is 2. The topological polar surface area (TPSA) is 202 Å². The van der Waals surface area contributed by atoms with Crippen molar-refractivity contribution in [1.82, 2.24) is 40.0 Å². The van der Waals surface area contributed by atoms with Crippen molar-refractivity contribution in [3.8, 4) is 33.6 Å². The van der Waals surface area contributed by atoms with Gasteiger partial charge in [0.2, 0.25) is 5.91 Å². The van der Waals surface area contributed by atoms with E-state index in [4.69, 9.17) is 15.2 Å². The fourth-order valence-corrected chi connectivity index (χ4v) is 7.73. The summed E-state index contributed by atoms with van der Waals surface area (Å²) in [5.74, 6) is 0.815. The number of rotatable bonds is 12. The van der Waals surface area contributed by atoms with Crippen LogP contribution in [-0.2, 0) is 25.5 Å². The summed E-state index contributed by atoms with van der Waals surface area (Å²) in [5, 5.41) is 2.69. The zero-order chi connectivity index (χ0) is 40.1. The number of H-pyrrole nitrogens is 2. The standard InChI is InChI=1S/C42H47N9O6/c1-25(2)36(49-42(55)56-3)40(53)51-21-5-7-34(51)38-46-24-32(48-38)30-14-10-28(11-15-30)27-8-12-29(13-9-27)31-23-45-37(47-31)33-6-4-20-50(33)39(52)35(57-41(43)54)22-26-16-18-44-19-17-26/h8-19,23-25,33-36H,4-7,20-22H2,1-3H3,(H2,43,54)(H,45,47)(H,46,48)(H,49,55)/t33-,34?,35-,36-/m0/s1. The first kappa shape index (κ1) is 38.8. The Morgan fingerprint density at radius 1 is 0.772 bits per heavy atom. The first-order valence-electron chi connectivity index (χ1n) is 19.2. The van der Waals surface area contributed by atoms with Crippen LogP contribution in [0.4, 0.5) is 9.59 Å². The lowest BCUT2D eigenvalue weighted by Crippen LogP contribution is -2.51. The molecule has 2 aromatic carbocycles. The summed E-state index contributed by atoms with van der Waals surface area (Å²) in [4.78, 5) is 74.6. The third-order valence-corrected chi connectivity index (χ3v) is 10.7. The summed E-state index contributed by atoms with van der Waals surface area (Å²) in [6.07, 6.45) is 7.45. The number of carbonyl (C=O) groups excluding carboxylic acids is 4. The predicted molar refractivity (Wildman–Crippen MR) is 211 cm³/mol. The predicted octanol–water partition coefficient (Wildman–Crippen LogP) is 5.94. The molecule has 0 bridgehead atoms. The van der Waals surface area contributed by atoms with Gasteiger partial charge in [0.25, 0.3) is 5.91 Å². The molecule has 0 saturated carbocycles. The number of alkyl carbamates (subject to hydrolysis) is 1. The second kappa shape index (κ2) is 17.1. The summed E-state index contributed by atoms with van der Waals surface area (Å²) < 4.78 is 10.0. The molecule has 4 amide bonds. The minimum Gasteiger partial charge on any atom is -0.453 e. The molecule has 4 atom stereocenters. The molecule has 2 aliphatic heterocycles. The van der Waals surface area contributed by atoms with E-state index in [9.17, 15) is 19.2 Å². The number of nitrogens with two attached hydrogens (primary N) is 1. The van der Waals surface area contributed by atoms with E-state index >= 15 is 0 Å². The van der Waals surface area contributed by atoms with Crippen molar-refractivity contribution in [1.29, 1.82) is 0 Å². The molecule has 0 radical (unpaired) electrons. The van der Waals surface area contributed by atoms with E-state index in [1.54, 1.807) is 46.7 Å². The number of benzene rings is 2. The van der Waals surface area contributed by atoms with Gasteiger partial charge in [-0.15, -0.1) is 0 Å². The lowest BCUT2D eigenvalue weighted by atomic mass is 10.0. The number of hydrogen-bond donors (Lipinski definition) is 4. The average molecular weight is 774 g/mol. The number of methoxy groups -OCH3 is 1. The van der Waals surface area contributed by atoms with Gasteiger partial charge in [-0.25, -0.2) is 19.6 Å². The van der Waals surface area contributed by atoms with Crippen molar-refractivity contribution in [2.24, 2.45) is 11.7 Å². The van der Waals surface area contributed by atoms with Gasteiger partial charge in [0, 0.05) is 31.9 Å². The van der Waals surface area contributed by atoms with Gasteiger partial charge >= 0.3 is 12.2 Å². The van der Waals surface area contributed by atoms with Crippen LogP contribution in [0.2, 0.25) is 0 Å². The molecule has 5 heterocycles. The molecule has 296 valence electrons. The number of imidazole rings is 2. The summed E-state index contributed by atoms with van der Waals surface area (Å²) in [6, 6.07) is 18.7. The maximum Gasteiger partial charge on any atom is 0.407 e. The minimum absolute atomic E-state index is 0.110. The molecule has 2 saturated heterocycles. The normalized spacial score (nSPS) is 17.7.